The van der Waals surface area contributed by atoms with Crippen molar-refractivity contribution in [2.45, 2.75) is 0 Å². The van der Waals surface area contributed by atoms with E-state index in [0.717, 1.165) is 26.3 Å². The number of rotatable bonds is 0. The Morgan fingerprint density at radius 2 is 1.29 bits per heavy atom. The predicted molar refractivity (Wildman–Crippen MR) is 62.9 cm³/mol. The molecular formula is C11H15N3O2Ru. The van der Waals surface area contributed by atoms with E-state index in [1.54, 1.807) is 12.4 Å². The normalized spacial score (nSPS) is 14.1. The summed E-state index contributed by atoms with van der Waals surface area (Å²) in [6.45, 7) is 3.25. The first-order chi connectivity index (χ1) is 8.00. The fourth-order valence-corrected chi connectivity index (χ4v) is 0.840. The molecular weight excluding hydrogens is 307 g/mol. The summed E-state index contributed by atoms with van der Waals surface area (Å²) in [6.07, 6.45) is 6.47. The van der Waals surface area contributed by atoms with Gasteiger partial charge in [0, 0.05) is 31.9 Å². The molecule has 0 radical (unpaired) electrons. The SMILES string of the molecule is C1=NCCO1.C1=NCCO1.[Ru].c1ccncc1. The Bertz CT molecular complexity index is 252. The molecule has 3 heterocycles. The van der Waals surface area contributed by atoms with Gasteiger partial charge in [-0.15, -0.1) is 0 Å². The Morgan fingerprint density at radius 3 is 1.41 bits per heavy atom. The quantitative estimate of drug-likeness (QED) is 0.674. The van der Waals surface area contributed by atoms with Gasteiger partial charge in [0.2, 0.25) is 0 Å². The van der Waals surface area contributed by atoms with Gasteiger partial charge in [-0.1, -0.05) is 6.07 Å². The van der Waals surface area contributed by atoms with Gasteiger partial charge in [0.15, 0.2) is 12.8 Å². The largest absolute Gasteiger partial charge is 0.482 e. The third kappa shape index (κ3) is 11.0. The van der Waals surface area contributed by atoms with E-state index in [-0.39, 0.29) is 19.5 Å². The summed E-state index contributed by atoms with van der Waals surface area (Å²) in [5.41, 5.74) is 0. The smallest absolute Gasteiger partial charge is 0.169 e. The number of ether oxygens (including phenoxy) is 2. The van der Waals surface area contributed by atoms with Crippen molar-refractivity contribution in [2.75, 3.05) is 26.3 Å². The summed E-state index contributed by atoms with van der Waals surface area (Å²) < 4.78 is 9.31. The van der Waals surface area contributed by atoms with Crippen molar-refractivity contribution in [3.63, 3.8) is 0 Å². The van der Waals surface area contributed by atoms with Gasteiger partial charge < -0.3 is 9.47 Å². The monoisotopic (exact) mass is 323 g/mol. The van der Waals surface area contributed by atoms with Crippen LogP contribution in [0.25, 0.3) is 0 Å². The molecule has 0 bridgehead atoms. The number of hydrogen-bond acceptors (Lipinski definition) is 5. The molecule has 0 amide bonds. The van der Waals surface area contributed by atoms with Crippen LogP contribution in [0, 0.1) is 0 Å². The topological polar surface area (TPSA) is 56.1 Å². The van der Waals surface area contributed by atoms with Crippen molar-refractivity contribution in [1.82, 2.24) is 4.98 Å². The van der Waals surface area contributed by atoms with Crippen molar-refractivity contribution in [3.8, 4) is 0 Å². The second kappa shape index (κ2) is 12.8. The minimum Gasteiger partial charge on any atom is -0.482 e. The van der Waals surface area contributed by atoms with Gasteiger partial charge in [0.25, 0.3) is 0 Å². The third-order valence-corrected chi connectivity index (χ3v) is 1.54. The average Bonchev–Trinajstić information content (AvgIpc) is 3.10. The van der Waals surface area contributed by atoms with Crippen LogP contribution in [0.4, 0.5) is 0 Å². The number of aromatic nitrogens is 1. The zero-order valence-corrected chi connectivity index (χ0v) is 11.1. The minimum atomic E-state index is 0. The molecule has 5 nitrogen and oxygen atoms in total. The summed E-state index contributed by atoms with van der Waals surface area (Å²) in [4.78, 5) is 11.3. The molecule has 0 aliphatic carbocycles. The number of aliphatic imine (C=N–C) groups is 2. The summed E-state index contributed by atoms with van der Waals surface area (Å²) in [5, 5.41) is 0. The van der Waals surface area contributed by atoms with Crippen LogP contribution in [0.3, 0.4) is 0 Å². The molecule has 0 aromatic carbocycles. The standard InChI is InChI=1S/C5H5N.2C3H5NO.Ru/c1-2-4-6-5-3-1;2*1-2-5-3-4-1;/h1-5H;2*3H,1-2H2;. The van der Waals surface area contributed by atoms with Crippen LogP contribution in [0.15, 0.2) is 40.6 Å². The molecule has 0 N–H and O–H groups in total. The van der Waals surface area contributed by atoms with Gasteiger partial charge >= 0.3 is 0 Å². The first-order valence-corrected chi connectivity index (χ1v) is 5.05. The first-order valence-electron chi connectivity index (χ1n) is 5.05. The van der Waals surface area contributed by atoms with Crippen molar-refractivity contribution >= 4 is 12.8 Å². The fourth-order valence-electron chi connectivity index (χ4n) is 0.840. The van der Waals surface area contributed by atoms with Crippen LogP contribution >= 0.6 is 0 Å². The molecule has 0 spiro atoms. The Morgan fingerprint density at radius 1 is 0.765 bits per heavy atom. The zero-order valence-electron chi connectivity index (χ0n) is 9.38. The average molecular weight is 322 g/mol. The number of pyridine rings is 1. The molecule has 0 fully saturated rings. The molecule has 6 heteroatoms. The Balaban J connectivity index is 0.000000221. The van der Waals surface area contributed by atoms with Gasteiger partial charge in [-0.25, -0.2) is 0 Å². The van der Waals surface area contributed by atoms with Gasteiger partial charge in [0.1, 0.15) is 13.2 Å². The second-order valence-electron chi connectivity index (χ2n) is 2.79. The first kappa shape index (κ1) is 15.7. The van der Waals surface area contributed by atoms with Crippen LogP contribution in [-0.2, 0) is 29.0 Å². The molecule has 3 rings (SSSR count). The van der Waals surface area contributed by atoms with Crippen molar-refractivity contribution in [3.05, 3.63) is 30.6 Å². The van der Waals surface area contributed by atoms with E-state index in [4.69, 9.17) is 0 Å². The van der Waals surface area contributed by atoms with Crippen LogP contribution in [0.2, 0.25) is 0 Å². The summed E-state index contributed by atoms with van der Waals surface area (Å²) >= 11 is 0. The van der Waals surface area contributed by atoms with Crippen molar-refractivity contribution in [1.29, 1.82) is 0 Å². The van der Waals surface area contributed by atoms with Crippen LogP contribution in [0.1, 0.15) is 0 Å². The summed E-state index contributed by atoms with van der Waals surface area (Å²) in [5.74, 6) is 0. The molecule has 2 aliphatic heterocycles. The Hall–Kier alpha value is -1.29. The predicted octanol–water partition coefficient (Wildman–Crippen LogP) is 1.17. The molecule has 0 atom stereocenters. The van der Waals surface area contributed by atoms with E-state index < -0.39 is 0 Å². The molecule has 94 valence electrons. The molecule has 0 saturated carbocycles. The Labute approximate surface area is 114 Å². The second-order valence-corrected chi connectivity index (χ2v) is 2.79. The van der Waals surface area contributed by atoms with Crippen molar-refractivity contribution < 1.29 is 29.0 Å². The maximum Gasteiger partial charge on any atom is 0.169 e. The van der Waals surface area contributed by atoms with Gasteiger partial charge in [-0.3, -0.25) is 15.0 Å². The van der Waals surface area contributed by atoms with Gasteiger partial charge in [0.05, 0.1) is 13.1 Å². The third-order valence-electron chi connectivity index (χ3n) is 1.54. The van der Waals surface area contributed by atoms with Crippen molar-refractivity contribution in [2.24, 2.45) is 9.98 Å². The van der Waals surface area contributed by atoms with Crippen LogP contribution < -0.4 is 0 Å². The molecule has 0 unspecified atom stereocenters. The fraction of sp³-hybridized carbons (Fsp3) is 0.364. The minimum absolute atomic E-state index is 0. The van der Waals surface area contributed by atoms with E-state index in [1.165, 1.54) is 12.8 Å². The van der Waals surface area contributed by atoms with E-state index >= 15 is 0 Å². The summed E-state index contributed by atoms with van der Waals surface area (Å²) in [7, 11) is 0. The molecule has 17 heavy (non-hydrogen) atoms. The maximum absolute atomic E-state index is 4.65. The number of nitrogens with zero attached hydrogens (tertiary/aromatic N) is 3. The van der Waals surface area contributed by atoms with Crippen LogP contribution in [-0.4, -0.2) is 44.1 Å². The van der Waals surface area contributed by atoms with E-state index in [9.17, 15) is 0 Å². The molecule has 1 aromatic rings. The molecule has 1 aromatic heterocycles. The number of hydrogen-bond donors (Lipinski definition) is 0. The van der Waals surface area contributed by atoms with E-state index in [1.807, 2.05) is 18.2 Å². The zero-order chi connectivity index (χ0) is 11.3. The van der Waals surface area contributed by atoms with Crippen LogP contribution in [0.5, 0.6) is 0 Å². The summed E-state index contributed by atoms with van der Waals surface area (Å²) in [6, 6.07) is 5.72. The molecule has 2 aliphatic rings. The molecule has 0 saturated heterocycles. The van der Waals surface area contributed by atoms with E-state index in [0.29, 0.717) is 0 Å². The van der Waals surface area contributed by atoms with Gasteiger partial charge in [-0.05, 0) is 12.1 Å². The van der Waals surface area contributed by atoms with Gasteiger partial charge in [-0.2, -0.15) is 0 Å². The Kier molecular flexibility index (Phi) is 11.8. The maximum atomic E-state index is 4.65. The van der Waals surface area contributed by atoms with E-state index in [2.05, 4.69) is 24.4 Å².